The van der Waals surface area contributed by atoms with E-state index in [0.717, 1.165) is 44.7 Å². The minimum atomic E-state index is -0.301. The Morgan fingerprint density at radius 1 is 1.24 bits per heavy atom. The van der Waals surface area contributed by atoms with Crippen molar-refractivity contribution < 1.29 is 9.13 Å². The van der Waals surface area contributed by atoms with Crippen molar-refractivity contribution in [1.29, 1.82) is 0 Å². The van der Waals surface area contributed by atoms with Crippen molar-refractivity contribution in [3.05, 3.63) is 24.0 Å². The van der Waals surface area contributed by atoms with Crippen molar-refractivity contribution in [2.45, 2.75) is 12.8 Å². The lowest BCUT2D eigenvalue weighted by Crippen LogP contribution is -2.33. The number of ether oxygens (including phenoxy) is 1. The normalized spacial score (nSPS) is 17.4. The van der Waals surface area contributed by atoms with Gasteiger partial charge in [-0.1, -0.05) is 0 Å². The van der Waals surface area contributed by atoms with E-state index in [-0.39, 0.29) is 5.82 Å². The van der Waals surface area contributed by atoms with Crippen LogP contribution in [0, 0.1) is 5.82 Å². The van der Waals surface area contributed by atoms with E-state index in [1.807, 2.05) is 6.07 Å². The molecule has 0 aromatic heterocycles. The summed E-state index contributed by atoms with van der Waals surface area (Å²) in [5.41, 5.74) is 1.05. The number of methoxy groups -OCH3 is 1. The standard InChI is InChI=1S/C13H19FN2O/c1-17-13-10-11(4-5-12(13)14)16-8-2-6-15-7-3-9-16/h4-5,10,15H,2-3,6-9H2,1H3. The zero-order valence-corrected chi connectivity index (χ0v) is 10.2. The summed E-state index contributed by atoms with van der Waals surface area (Å²) in [5.74, 6) is 0.0210. The molecule has 3 nitrogen and oxygen atoms in total. The van der Waals surface area contributed by atoms with Crippen LogP contribution in [0.25, 0.3) is 0 Å². The molecule has 1 N–H and O–H groups in total. The molecule has 0 saturated carbocycles. The highest BCUT2D eigenvalue weighted by Crippen LogP contribution is 2.24. The Balaban J connectivity index is 2.13. The molecule has 2 rings (SSSR count). The molecule has 94 valence electrons. The van der Waals surface area contributed by atoms with Crippen molar-refractivity contribution in [2.24, 2.45) is 0 Å². The average Bonchev–Trinajstić information content (AvgIpc) is 2.30. The van der Waals surface area contributed by atoms with Crippen LogP contribution in [0.4, 0.5) is 10.1 Å². The second kappa shape index (κ2) is 5.87. The van der Waals surface area contributed by atoms with E-state index >= 15 is 0 Å². The van der Waals surface area contributed by atoms with Gasteiger partial charge in [0.15, 0.2) is 11.6 Å². The molecule has 1 aromatic carbocycles. The fourth-order valence-electron chi connectivity index (χ4n) is 2.13. The maximum absolute atomic E-state index is 13.3. The van der Waals surface area contributed by atoms with Gasteiger partial charge in [0.2, 0.25) is 0 Å². The number of hydrogen-bond donors (Lipinski definition) is 1. The Hall–Kier alpha value is -1.29. The van der Waals surface area contributed by atoms with Crippen LogP contribution in [0.5, 0.6) is 5.75 Å². The van der Waals surface area contributed by atoms with E-state index in [4.69, 9.17) is 4.74 Å². The average molecular weight is 238 g/mol. The van der Waals surface area contributed by atoms with Gasteiger partial charge in [0.25, 0.3) is 0 Å². The topological polar surface area (TPSA) is 24.5 Å². The first-order valence-corrected chi connectivity index (χ1v) is 6.10. The van der Waals surface area contributed by atoms with Gasteiger partial charge in [-0.25, -0.2) is 4.39 Å². The molecule has 4 heteroatoms. The number of hydrogen-bond acceptors (Lipinski definition) is 3. The first kappa shape index (κ1) is 12.2. The molecule has 0 atom stereocenters. The van der Waals surface area contributed by atoms with Gasteiger partial charge in [0.1, 0.15) is 0 Å². The molecule has 1 saturated heterocycles. The van der Waals surface area contributed by atoms with E-state index in [1.165, 1.54) is 13.2 Å². The highest BCUT2D eigenvalue weighted by Gasteiger charge is 2.11. The lowest BCUT2D eigenvalue weighted by atomic mass is 10.2. The van der Waals surface area contributed by atoms with Gasteiger partial charge in [-0.05, 0) is 38.1 Å². The smallest absolute Gasteiger partial charge is 0.165 e. The summed E-state index contributed by atoms with van der Waals surface area (Å²) in [6.45, 7) is 4.10. The third-order valence-electron chi connectivity index (χ3n) is 3.06. The van der Waals surface area contributed by atoms with Crippen molar-refractivity contribution in [2.75, 3.05) is 38.2 Å². The van der Waals surface area contributed by atoms with Crippen molar-refractivity contribution in [3.8, 4) is 5.75 Å². The van der Waals surface area contributed by atoms with Crippen LogP contribution in [-0.4, -0.2) is 33.3 Å². The lowest BCUT2D eigenvalue weighted by Gasteiger charge is -2.27. The zero-order valence-electron chi connectivity index (χ0n) is 10.2. The van der Waals surface area contributed by atoms with Crippen molar-refractivity contribution in [1.82, 2.24) is 5.32 Å². The summed E-state index contributed by atoms with van der Waals surface area (Å²) in [7, 11) is 1.50. The summed E-state index contributed by atoms with van der Waals surface area (Å²) in [6.07, 6.45) is 2.22. The molecule has 0 aliphatic carbocycles. The van der Waals surface area contributed by atoms with E-state index < -0.39 is 0 Å². The van der Waals surface area contributed by atoms with Gasteiger partial charge in [0.05, 0.1) is 7.11 Å². The summed E-state index contributed by atoms with van der Waals surface area (Å²) < 4.78 is 18.3. The predicted molar refractivity (Wildman–Crippen MR) is 67.3 cm³/mol. The number of nitrogens with one attached hydrogen (secondary N) is 1. The lowest BCUT2D eigenvalue weighted by molar-refractivity contribution is 0.386. The van der Waals surface area contributed by atoms with Crippen LogP contribution in [-0.2, 0) is 0 Å². The number of benzene rings is 1. The minimum Gasteiger partial charge on any atom is -0.494 e. The predicted octanol–water partition coefficient (Wildman–Crippen LogP) is 2.02. The molecule has 0 bridgehead atoms. The fraction of sp³-hybridized carbons (Fsp3) is 0.538. The van der Waals surface area contributed by atoms with Gasteiger partial charge in [-0.15, -0.1) is 0 Å². The zero-order chi connectivity index (χ0) is 12.1. The van der Waals surface area contributed by atoms with Gasteiger partial charge in [-0.3, -0.25) is 0 Å². The molecule has 0 spiro atoms. The Morgan fingerprint density at radius 2 is 1.94 bits per heavy atom. The summed E-state index contributed by atoms with van der Waals surface area (Å²) >= 11 is 0. The van der Waals surface area contributed by atoms with Gasteiger partial charge in [0, 0.05) is 24.8 Å². The Labute approximate surface area is 102 Å². The second-order valence-electron chi connectivity index (χ2n) is 4.26. The number of halogens is 1. The van der Waals surface area contributed by atoms with Crippen LogP contribution in [0.1, 0.15) is 12.8 Å². The summed E-state index contributed by atoms with van der Waals surface area (Å²) in [5, 5.41) is 3.38. The molecular formula is C13H19FN2O. The molecule has 1 aliphatic heterocycles. The largest absolute Gasteiger partial charge is 0.494 e. The number of nitrogens with zero attached hydrogens (tertiary/aromatic N) is 1. The SMILES string of the molecule is COc1cc(N2CCCNCCC2)ccc1F. The van der Waals surface area contributed by atoms with E-state index in [2.05, 4.69) is 10.2 Å². The molecule has 1 fully saturated rings. The third-order valence-corrected chi connectivity index (χ3v) is 3.06. The Morgan fingerprint density at radius 3 is 2.59 bits per heavy atom. The van der Waals surface area contributed by atoms with Gasteiger partial charge < -0.3 is 15.0 Å². The van der Waals surface area contributed by atoms with E-state index in [0.29, 0.717) is 5.75 Å². The third kappa shape index (κ3) is 3.09. The van der Waals surface area contributed by atoms with Crippen LogP contribution >= 0.6 is 0 Å². The monoisotopic (exact) mass is 238 g/mol. The van der Waals surface area contributed by atoms with Crippen LogP contribution in [0.3, 0.4) is 0 Å². The number of rotatable bonds is 2. The molecule has 1 aliphatic rings. The maximum atomic E-state index is 13.3. The molecule has 1 heterocycles. The molecule has 17 heavy (non-hydrogen) atoms. The number of anilines is 1. The molecular weight excluding hydrogens is 219 g/mol. The molecule has 1 aromatic rings. The maximum Gasteiger partial charge on any atom is 0.165 e. The molecule has 0 radical (unpaired) electrons. The van der Waals surface area contributed by atoms with E-state index in [1.54, 1.807) is 6.07 Å². The van der Waals surface area contributed by atoms with E-state index in [9.17, 15) is 4.39 Å². The molecule has 0 unspecified atom stereocenters. The summed E-state index contributed by atoms with van der Waals surface area (Å²) in [4.78, 5) is 2.29. The van der Waals surface area contributed by atoms with Gasteiger partial charge in [-0.2, -0.15) is 0 Å². The highest BCUT2D eigenvalue weighted by molar-refractivity contribution is 5.51. The second-order valence-corrected chi connectivity index (χ2v) is 4.26. The first-order valence-electron chi connectivity index (χ1n) is 6.10. The van der Waals surface area contributed by atoms with Crippen LogP contribution in [0.15, 0.2) is 18.2 Å². The Bertz CT molecular complexity index is 362. The van der Waals surface area contributed by atoms with Gasteiger partial charge >= 0.3 is 0 Å². The van der Waals surface area contributed by atoms with Crippen LogP contribution in [0.2, 0.25) is 0 Å². The minimum absolute atomic E-state index is 0.301. The van der Waals surface area contributed by atoms with Crippen LogP contribution < -0.4 is 15.0 Å². The fourth-order valence-corrected chi connectivity index (χ4v) is 2.13. The summed E-state index contributed by atoms with van der Waals surface area (Å²) in [6, 6.07) is 5.09. The highest BCUT2D eigenvalue weighted by atomic mass is 19.1. The molecule has 0 amide bonds. The van der Waals surface area contributed by atoms with Crippen molar-refractivity contribution in [3.63, 3.8) is 0 Å². The quantitative estimate of drug-likeness (QED) is 0.853. The Kier molecular flexibility index (Phi) is 4.20. The van der Waals surface area contributed by atoms with Crippen molar-refractivity contribution >= 4 is 5.69 Å². The first-order chi connectivity index (χ1) is 8.31.